The third-order valence-corrected chi connectivity index (χ3v) is 4.73. The number of β-amino-alcohol motifs (C(OH)–C–C–N with tert-alkyl or cyclic N) is 1. The predicted molar refractivity (Wildman–Crippen MR) is 98.1 cm³/mol. The molecule has 0 saturated carbocycles. The van der Waals surface area contributed by atoms with Crippen molar-refractivity contribution in [3.63, 3.8) is 0 Å². The summed E-state index contributed by atoms with van der Waals surface area (Å²) in [5.41, 5.74) is 7.97. The molecule has 1 aliphatic rings. The van der Waals surface area contributed by atoms with Gasteiger partial charge >= 0.3 is 0 Å². The SMILES string of the molecule is NC(=O)c1ccc(CN2CCN(C[C@@H](O)c3ccccc3)CC2)cc1. The number of primary amides is 1. The first-order valence-electron chi connectivity index (χ1n) is 8.68. The Labute approximate surface area is 148 Å². The molecule has 1 atom stereocenters. The summed E-state index contributed by atoms with van der Waals surface area (Å²) >= 11 is 0. The molecular weight excluding hydrogens is 314 g/mol. The number of amides is 1. The number of nitrogens with zero attached hydrogens (tertiary/aromatic N) is 2. The minimum Gasteiger partial charge on any atom is -0.387 e. The molecule has 3 N–H and O–H groups in total. The van der Waals surface area contributed by atoms with Gasteiger partial charge in [-0.2, -0.15) is 0 Å². The Balaban J connectivity index is 1.46. The molecule has 0 radical (unpaired) electrons. The molecule has 2 aromatic rings. The van der Waals surface area contributed by atoms with Gasteiger partial charge in [-0.3, -0.25) is 14.6 Å². The maximum absolute atomic E-state index is 11.1. The topological polar surface area (TPSA) is 69.8 Å². The highest BCUT2D eigenvalue weighted by molar-refractivity contribution is 5.92. The van der Waals surface area contributed by atoms with Crippen molar-refractivity contribution in [1.82, 2.24) is 9.80 Å². The van der Waals surface area contributed by atoms with Crippen LogP contribution in [0.15, 0.2) is 54.6 Å². The van der Waals surface area contributed by atoms with Gasteiger partial charge in [-0.1, -0.05) is 42.5 Å². The lowest BCUT2D eigenvalue weighted by Crippen LogP contribution is -2.47. The van der Waals surface area contributed by atoms with Gasteiger partial charge in [-0.25, -0.2) is 0 Å². The minimum absolute atomic E-state index is 0.392. The summed E-state index contributed by atoms with van der Waals surface area (Å²) in [6.45, 7) is 5.38. The number of carbonyl (C=O) groups excluding carboxylic acids is 1. The van der Waals surface area contributed by atoms with Crippen LogP contribution in [0.2, 0.25) is 0 Å². The highest BCUT2D eigenvalue weighted by Crippen LogP contribution is 2.16. The molecule has 0 bridgehead atoms. The summed E-state index contributed by atoms with van der Waals surface area (Å²) in [5.74, 6) is -0.392. The second kappa shape index (κ2) is 8.25. The molecule has 1 amide bonds. The van der Waals surface area contributed by atoms with Gasteiger partial charge in [0.25, 0.3) is 0 Å². The molecule has 1 fully saturated rings. The number of carbonyl (C=O) groups is 1. The van der Waals surface area contributed by atoms with Crippen molar-refractivity contribution in [2.24, 2.45) is 5.73 Å². The Bertz CT molecular complexity index is 680. The molecule has 0 spiro atoms. The van der Waals surface area contributed by atoms with E-state index in [2.05, 4.69) is 9.80 Å². The third kappa shape index (κ3) is 4.89. The number of hydrogen-bond acceptors (Lipinski definition) is 4. The Morgan fingerprint density at radius 2 is 1.56 bits per heavy atom. The fourth-order valence-corrected chi connectivity index (χ4v) is 3.19. The van der Waals surface area contributed by atoms with E-state index >= 15 is 0 Å². The van der Waals surface area contributed by atoms with Crippen LogP contribution in [-0.2, 0) is 6.54 Å². The molecule has 5 heteroatoms. The summed E-state index contributed by atoms with van der Waals surface area (Å²) in [4.78, 5) is 15.8. The first-order chi connectivity index (χ1) is 12.1. The number of aliphatic hydroxyl groups excluding tert-OH is 1. The lowest BCUT2D eigenvalue weighted by atomic mass is 10.1. The highest BCUT2D eigenvalue weighted by Gasteiger charge is 2.20. The van der Waals surface area contributed by atoms with E-state index in [0.717, 1.165) is 38.3 Å². The van der Waals surface area contributed by atoms with E-state index in [1.54, 1.807) is 12.1 Å². The van der Waals surface area contributed by atoms with E-state index in [0.29, 0.717) is 12.1 Å². The molecular formula is C20H25N3O2. The zero-order chi connectivity index (χ0) is 17.6. The van der Waals surface area contributed by atoms with Crippen molar-refractivity contribution >= 4 is 5.91 Å². The molecule has 1 saturated heterocycles. The Morgan fingerprint density at radius 1 is 0.960 bits per heavy atom. The molecule has 0 unspecified atom stereocenters. The summed E-state index contributed by atoms with van der Waals surface area (Å²) < 4.78 is 0. The van der Waals surface area contributed by atoms with Gasteiger partial charge in [0.1, 0.15) is 0 Å². The fourth-order valence-electron chi connectivity index (χ4n) is 3.19. The Morgan fingerprint density at radius 3 is 2.16 bits per heavy atom. The number of rotatable bonds is 6. The fraction of sp³-hybridized carbons (Fsp3) is 0.350. The Kier molecular flexibility index (Phi) is 5.81. The highest BCUT2D eigenvalue weighted by atomic mass is 16.3. The third-order valence-electron chi connectivity index (χ3n) is 4.73. The average Bonchev–Trinajstić information content (AvgIpc) is 2.64. The molecule has 132 valence electrons. The van der Waals surface area contributed by atoms with E-state index < -0.39 is 12.0 Å². The lowest BCUT2D eigenvalue weighted by molar-refractivity contribution is 0.0701. The van der Waals surface area contributed by atoms with Crippen LogP contribution in [0.5, 0.6) is 0 Å². The normalized spacial score (nSPS) is 17.3. The number of benzene rings is 2. The van der Waals surface area contributed by atoms with E-state index in [1.165, 1.54) is 5.56 Å². The molecule has 0 aromatic heterocycles. The van der Waals surface area contributed by atoms with Crippen molar-refractivity contribution in [2.75, 3.05) is 32.7 Å². The zero-order valence-electron chi connectivity index (χ0n) is 14.3. The molecule has 25 heavy (non-hydrogen) atoms. The monoisotopic (exact) mass is 339 g/mol. The van der Waals surface area contributed by atoms with E-state index in [-0.39, 0.29) is 0 Å². The molecule has 5 nitrogen and oxygen atoms in total. The number of nitrogens with two attached hydrogens (primary N) is 1. The number of hydrogen-bond donors (Lipinski definition) is 2. The first-order valence-corrected chi connectivity index (χ1v) is 8.68. The van der Waals surface area contributed by atoms with Gasteiger partial charge in [0.15, 0.2) is 0 Å². The second-order valence-electron chi connectivity index (χ2n) is 6.56. The van der Waals surface area contributed by atoms with Crippen molar-refractivity contribution in [1.29, 1.82) is 0 Å². The summed E-state index contributed by atoms with van der Waals surface area (Å²) in [6, 6.07) is 17.3. The van der Waals surface area contributed by atoms with Crippen LogP contribution in [0.3, 0.4) is 0 Å². The van der Waals surface area contributed by atoms with Crippen LogP contribution in [-0.4, -0.2) is 53.5 Å². The van der Waals surface area contributed by atoms with Gasteiger partial charge in [-0.15, -0.1) is 0 Å². The molecule has 0 aliphatic carbocycles. The summed E-state index contributed by atoms with van der Waals surface area (Å²) in [6.07, 6.45) is -0.436. The van der Waals surface area contributed by atoms with Gasteiger partial charge in [0.05, 0.1) is 6.10 Å². The van der Waals surface area contributed by atoms with Gasteiger partial charge in [0, 0.05) is 44.8 Å². The van der Waals surface area contributed by atoms with E-state index in [1.807, 2.05) is 42.5 Å². The van der Waals surface area contributed by atoms with Crippen LogP contribution in [0.1, 0.15) is 27.6 Å². The van der Waals surface area contributed by atoms with Crippen LogP contribution in [0.4, 0.5) is 0 Å². The molecule has 1 heterocycles. The van der Waals surface area contributed by atoms with Gasteiger partial charge in [0.2, 0.25) is 5.91 Å². The number of aliphatic hydroxyl groups is 1. The van der Waals surface area contributed by atoms with Crippen molar-refractivity contribution < 1.29 is 9.90 Å². The average molecular weight is 339 g/mol. The van der Waals surface area contributed by atoms with E-state index in [4.69, 9.17) is 5.73 Å². The molecule has 1 aliphatic heterocycles. The van der Waals surface area contributed by atoms with Crippen molar-refractivity contribution in [3.05, 3.63) is 71.3 Å². The van der Waals surface area contributed by atoms with Crippen molar-refractivity contribution in [2.45, 2.75) is 12.6 Å². The van der Waals surface area contributed by atoms with Crippen LogP contribution in [0, 0.1) is 0 Å². The molecule has 3 rings (SSSR count). The largest absolute Gasteiger partial charge is 0.387 e. The van der Waals surface area contributed by atoms with Crippen LogP contribution in [0.25, 0.3) is 0 Å². The van der Waals surface area contributed by atoms with E-state index in [9.17, 15) is 9.90 Å². The predicted octanol–water partition coefficient (Wildman–Crippen LogP) is 1.64. The lowest BCUT2D eigenvalue weighted by Gasteiger charge is -2.35. The Hall–Kier alpha value is -2.21. The van der Waals surface area contributed by atoms with Crippen LogP contribution >= 0.6 is 0 Å². The standard InChI is InChI=1S/C20H25N3O2/c21-20(25)18-8-6-16(7-9-18)14-22-10-12-23(13-11-22)15-19(24)17-4-2-1-3-5-17/h1-9,19,24H,10-15H2,(H2,21,25)/t19-/m1/s1. The van der Waals surface area contributed by atoms with Crippen LogP contribution < -0.4 is 5.73 Å². The maximum Gasteiger partial charge on any atom is 0.248 e. The smallest absolute Gasteiger partial charge is 0.248 e. The number of piperazine rings is 1. The summed E-state index contributed by atoms with van der Waals surface area (Å²) in [7, 11) is 0. The van der Waals surface area contributed by atoms with Gasteiger partial charge in [-0.05, 0) is 23.3 Å². The zero-order valence-corrected chi connectivity index (χ0v) is 14.3. The summed E-state index contributed by atoms with van der Waals surface area (Å²) in [5, 5.41) is 10.4. The van der Waals surface area contributed by atoms with Gasteiger partial charge < -0.3 is 10.8 Å². The van der Waals surface area contributed by atoms with Crippen molar-refractivity contribution in [3.8, 4) is 0 Å². The molecule has 2 aromatic carbocycles. The maximum atomic E-state index is 11.1. The second-order valence-corrected chi connectivity index (χ2v) is 6.56. The first kappa shape index (κ1) is 17.6. The quantitative estimate of drug-likeness (QED) is 0.839. The minimum atomic E-state index is -0.436.